The maximum Gasteiger partial charge on any atom is 0.265 e. The smallest absolute Gasteiger partial charge is 0.265 e. The van der Waals surface area contributed by atoms with E-state index in [1.807, 2.05) is 0 Å². The molecule has 0 spiro atoms. The van der Waals surface area contributed by atoms with Gasteiger partial charge in [0.1, 0.15) is 23.8 Å². The molecule has 1 fully saturated rings. The van der Waals surface area contributed by atoms with Crippen molar-refractivity contribution in [3.05, 3.63) is 48.0 Å². The third-order valence-corrected chi connectivity index (χ3v) is 5.39. The van der Waals surface area contributed by atoms with Crippen molar-refractivity contribution in [3.8, 4) is 17.2 Å². The molecular weight excluding hydrogens is 400 g/mol. The minimum Gasteiger partial charge on any atom is -0.497 e. The highest BCUT2D eigenvalue weighted by atomic mass is 16.5. The van der Waals surface area contributed by atoms with Crippen LogP contribution in [0.3, 0.4) is 0 Å². The predicted molar refractivity (Wildman–Crippen MR) is 113 cm³/mol. The molecule has 1 saturated heterocycles. The quantitative estimate of drug-likeness (QED) is 0.634. The summed E-state index contributed by atoms with van der Waals surface area (Å²) in [6.07, 6.45) is 1.96. The number of anilines is 1. The number of Topliss-reactive ketones (excluding diaryl/α,β-unsaturated/α-hetero) is 1. The van der Waals surface area contributed by atoms with Gasteiger partial charge in [-0.3, -0.25) is 19.3 Å². The van der Waals surface area contributed by atoms with Crippen molar-refractivity contribution in [1.82, 2.24) is 4.90 Å². The predicted octanol–water partition coefficient (Wildman–Crippen LogP) is 2.30. The Morgan fingerprint density at radius 1 is 1.06 bits per heavy atom. The van der Waals surface area contributed by atoms with Crippen LogP contribution in [-0.4, -0.2) is 62.5 Å². The number of methoxy groups -OCH3 is 1. The van der Waals surface area contributed by atoms with E-state index in [0.29, 0.717) is 41.6 Å². The zero-order valence-electron chi connectivity index (χ0n) is 17.3. The van der Waals surface area contributed by atoms with Gasteiger partial charge in [0, 0.05) is 24.7 Å². The molecule has 8 nitrogen and oxygen atoms in total. The molecule has 8 heteroatoms. The van der Waals surface area contributed by atoms with E-state index in [4.69, 9.17) is 14.2 Å². The van der Waals surface area contributed by atoms with Crippen LogP contribution < -0.4 is 19.1 Å². The van der Waals surface area contributed by atoms with Gasteiger partial charge < -0.3 is 19.1 Å². The second-order valence-corrected chi connectivity index (χ2v) is 7.43. The summed E-state index contributed by atoms with van der Waals surface area (Å²) < 4.78 is 16.2. The number of rotatable bonds is 7. The minimum absolute atomic E-state index is 0.0624. The maximum absolute atomic E-state index is 12.7. The van der Waals surface area contributed by atoms with Crippen molar-refractivity contribution >= 4 is 23.3 Å². The van der Waals surface area contributed by atoms with E-state index >= 15 is 0 Å². The summed E-state index contributed by atoms with van der Waals surface area (Å²) in [5.74, 6) is 0.956. The first-order valence-corrected chi connectivity index (χ1v) is 10.2. The van der Waals surface area contributed by atoms with E-state index in [-0.39, 0.29) is 37.4 Å². The Bertz CT molecular complexity index is 999. The first kappa shape index (κ1) is 20.7. The Morgan fingerprint density at radius 3 is 2.61 bits per heavy atom. The Hall–Kier alpha value is -3.55. The second-order valence-electron chi connectivity index (χ2n) is 7.43. The monoisotopic (exact) mass is 424 g/mol. The van der Waals surface area contributed by atoms with Gasteiger partial charge in [-0.2, -0.15) is 0 Å². The lowest BCUT2D eigenvalue weighted by molar-refractivity contribution is -0.131. The fraction of sp³-hybridized carbons (Fsp3) is 0.348. The molecule has 0 N–H and O–H groups in total. The van der Waals surface area contributed by atoms with E-state index < -0.39 is 0 Å². The highest BCUT2D eigenvalue weighted by Gasteiger charge is 2.30. The number of ketones is 1. The maximum atomic E-state index is 12.7. The number of hydrogen-bond donors (Lipinski definition) is 0. The van der Waals surface area contributed by atoms with Crippen LogP contribution in [0, 0.1) is 0 Å². The fourth-order valence-corrected chi connectivity index (χ4v) is 3.67. The molecule has 0 radical (unpaired) electrons. The van der Waals surface area contributed by atoms with Crippen LogP contribution >= 0.6 is 0 Å². The molecular formula is C23H24N2O6. The van der Waals surface area contributed by atoms with Gasteiger partial charge in [0.2, 0.25) is 5.91 Å². The average molecular weight is 424 g/mol. The van der Waals surface area contributed by atoms with E-state index in [9.17, 15) is 14.4 Å². The molecule has 0 aromatic heterocycles. The van der Waals surface area contributed by atoms with Gasteiger partial charge in [-0.25, -0.2) is 0 Å². The number of likely N-dealkylation sites (tertiary alicyclic amines) is 1. The normalized spacial score (nSPS) is 15.3. The van der Waals surface area contributed by atoms with Crippen LogP contribution in [0.15, 0.2) is 42.5 Å². The number of benzene rings is 2. The molecule has 0 saturated carbocycles. The summed E-state index contributed by atoms with van der Waals surface area (Å²) in [7, 11) is 1.56. The van der Waals surface area contributed by atoms with Gasteiger partial charge in [0.05, 0.1) is 12.8 Å². The van der Waals surface area contributed by atoms with Gasteiger partial charge in [0.25, 0.3) is 5.91 Å². The summed E-state index contributed by atoms with van der Waals surface area (Å²) in [4.78, 5) is 40.9. The largest absolute Gasteiger partial charge is 0.497 e. The molecule has 2 heterocycles. The van der Waals surface area contributed by atoms with E-state index in [1.54, 1.807) is 54.5 Å². The minimum atomic E-state index is -0.308. The number of carbonyl (C=O) groups excluding carboxylic acids is 3. The number of amides is 2. The summed E-state index contributed by atoms with van der Waals surface area (Å²) >= 11 is 0. The molecule has 2 aromatic rings. The van der Waals surface area contributed by atoms with Crippen LogP contribution in [0.4, 0.5) is 5.69 Å². The van der Waals surface area contributed by atoms with Gasteiger partial charge in [-0.15, -0.1) is 0 Å². The van der Waals surface area contributed by atoms with E-state index in [1.165, 1.54) is 4.90 Å². The molecule has 2 aliphatic heterocycles. The molecule has 162 valence electrons. The summed E-state index contributed by atoms with van der Waals surface area (Å²) in [6.45, 7) is 1.06. The highest BCUT2D eigenvalue weighted by molar-refractivity contribution is 6.04. The molecule has 2 aliphatic rings. The molecule has 0 atom stereocenters. The highest BCUT2D eigenvalue weighted by Crippen LogP contribution is 2.33. The van der Waals surface area contributed by atoms with Crippen molar-refractivity contribution in [2.75, 3.05) is 44.9 Å². The van der Waals surface area contributed by atoms with Crippen LogP contribution in [0.1, 0.15) is 23.2 Å². The van der Waals surface area contributed by atoms with Crippen molar-refractivity contribution in [3.63, 3.8) is 0 Å². The Kier molecular flexibility index (Phi) is 6.06. The number of fused-ring (bicyclic) bond motifs is 1. The number of nitrogens with zero attached hydrogens (tertiary/aromatic N) is 2. The van der Waals surface area contributed by atoms with Crippen LogP contribution in [0.5, 0.6) is 17.2 Å². The van der Waals surface area contributed by atoms with E-state index in [2.05, 4.69) is 0 Å². The number of ether oxygens (including phenoxy) is 3. The van der Waals surface area contributed by atoms with Gasteiger partial charge >= 0.3 is 0 Å². The Morgan fingerprint density at radius 2 is 1.84 bits per heavy atom. The summed E-state index contributed by atoms with van der Waals surface area (Å²) in [6, 6.07) is 11.9. The van der Waals surface area contributed by atoms with Gasteiger partial charge in [-0.1, -0.05) is 6.07 Å². The third kappa shape index (κ3) is 4.63. The summed E-state index contributed by atoms with van der Waals surface area (Å²) in [5.41, 5.74) is 0.801. The van der Waals surface area contributed by atoms with E-state index in [0.717, 1.165) is 12.8 Å². The molecule has 31 heavy (non-hydrogen) atoms. The first-order chi connectivity index (χ1) is 15.0. The lowest BCUT2D eigenvalue weighted by atomic mass is 10.1. The molecule has 0 aliphatic carbocycles. The van der Waals surface area contributed by atoms with Crippen LogP contribution in [0.25, 0.3) is 0 Å². The Balaban J connectivity index is 1.48. The van der Waals surface area contributed by atoms with Crippen LogP contribution in [0.2, 0.25) is 0 Å². The zero-order valence-corrected chi connectivity index (χ0v) is 17.3. The lowest BCUT2D eigenvalue weighted by Gasteiger charge is -2.30. The molecule has 4 rings (SSSR count). The standard InChI is InChI=1S/C23H24N2O6/c1-29-17-5-4-6-18(12-17)30-14-20(26)16-7-8-21-19(11-16)25(23(28)15-31-21)13-22(27)24-9-2-3-10-24/h4-8,11-12H,2-3,9-10,13-15H2,1H3. The first-order valence-electron chi connectivity index (χ1n) is 10.2. The molecule has 0 unspecified atom stereocenters. The van der Waals surface area contributed by atoms with Crippen molar-refractivity contribution in [1.29, 1.82) is 0 Å². The fourth-order valence-electron chi connectivity index (χ4n) is 3.67. The SMILES string of the molecule is COc1cccc(OCC(=O)c2ccc3c(c2)N(CC(=O)N2CCCC2)C(=O)CO3)c1. The molecule has 0 bridgehead atoms. The van der Waals surface area contributed by atoms with Gasteiger partial charge in [0.15, 0.2) is 19.0 Å². The zero-order chi connectivity index (χ0) is 21.8. The number of hydrogen-bond acceptors (Lipinski definition) is 6. The number of carbonyl (C=O) groups is 3. The lowest BCUT2D eigenvalue weighted by Crippen LogP contribution is -2.46. The summed E-state index contributed by atoms with van der Waals surface area (Å²) in [5, 5.41) is 0. The van der Waals surface area contributed by atoms with Crippen molar-refractivity contribution in [2.24, 2.45) is 0 Å². The topological polar surface area (TPSA) is 85.4 Å². The molecule has 2 amide bonds. The second kappa shape index (κ2) is 9.07. The van der Waals surface area contributed by atoms with Gasteiger partial charge in [-0.05, 0) is 43.2 Å². The average Bonchev–Trinajstić information content (AvgIpc) is 3.34. The molecule has 2 aromatic carbocycles. The third-order valence-electron chi connectivity index (χ3n) is 5.39. The van der Waals surface area contributed by atoms with Crippen molar-refractivity contribution < 1.29 is 28.6 Å². The Labute approximate surface area is 180 Å². The van der Waals surface area contributed by atoms with Crippen molar-refractivity contribution in [2.45, 2.75) is 12.8 Å². The van der Waals surface area contributed by atoms with Crippen LogP contribution in [-0.2, 0) is 9.59 Å².